The molecule has 0 aliphatic carbocycles. The number of primary amides is 1. The van der Waals surface area contributed by atoms with Crippen molar-refractivity contribution in [3.8, 4) is 0 Å². The summed E-state index contributed by atoms with van der Waals surface area (Å²) in [5.74, 6) is -0.486. The van der Waals surface area contributed by atoms with Gasteiger partial charge in [-0.05, 0) is 5.56 Å². The van der Waals surface area contributed by atoms with Gasteiger partial charge in [-0.2, -0.15) is 0 Å². The number of hydrogen-bond donors (Lipinski definition) is 2. The van der Waals surface area contributed by atoms with Crippen molar-refractivity contribution in [1.29, 1.82) is 0 Å². The Kier molecular flexibility index (Phi) is 3.82. The molecule has 0 aromatic heterocycles. The molecule has 0 saturated heterocycles. The van der Waals surface area contributed by atoms with Crippen molar-refractivity contribution >= 4 is 29.2 Å². The van der Waals surface area contributed by atoms with Crippen LogP contribution in [0.4, 0.5) is 0 Å². The summed E-state index contributed by atoms with van der Waals surface area (Å²) >= 11 is 4.57. The first-order valence-electron chi connectivity index (χ1n) is 4.01. The van der Waals surface area contributed by atoms with Crippen molar-refractivity contribution in [2.45, 2.75) is 0 Å². The SMILES string of the molecule is NC(=O)/C(=C\NC=S)c1ccccc1. The third-order valence-electron chi connectivity index (χ3n) is 1.65. The van der Waals surface area contributed by atoms with E-state index in [0.29, 0.717) is 5.57 Å². The van der Waals surface area contributed by atoms with Gasteiger partial charge in [0.1, 0.15) is 0 Å². The Labute approximate surface area is 87.6 Å². The van der Waals surface area contributed by atoms with Gasteiger partial charge in [-0.15, -0.1) is 0 Å². The molecule has 1 aromatic carbocycles. The Morgan fingerprint density at radius 2 is 2.00 bits per heavy atom. The van der Waals surface area contributed by atoms with Gasteiger partial charge in [0.05, 0.1) is 11.1 Å². The van der Waals surface area contributed by atoms with Crippen molar-refractivity contribution in [2.75, 3.05) is 0 Å². The smallest absolute Gasteiger partial charge is 0.250 e. The fourth-order valence-electron chi connectivity index (χ4n) is 1.03. The molecule has 1 rings (SSSR count). The monoisotopic (exact) mass is 206 g/mol. The summed E-state index contributed by atoms with van der Waals surface area (Å²) in [5.41, 5.74) is 7.70. The molecule has 1 amide bonds. The summed E-state index contributed by atoms with van der Waals surface area (Å²) in [6.45, 7) is 0. The number of nitrogens with two attached hydrogens (primary N) is 1. The number of nitrogens with one attached hydrogen (secondary N) is 1. The highest BCUT2D eigenvalue weighted by molar-refractivity contribution is 7.78. The van der Waals surface area contributed by atoms with Crippen LogP contribution < -0.4 is 11.1 Å². The lowest BCUT2D eigenvalue weighted by Gasteiger charge is -2.02. The van der Waals surface area contributed by atoms with Gasteiger partial charge in [0, 0.05) is 6.20 Å². The van der Waals surface area contributed by atoms with Gasteiger partial charge in [-0.25, -0.2) is 0 Å². The van der Waals surface area contributed by atoms with Crippen molar-refractivity contribution in [1.82, 2.24) is 5.32 Å². The third kappa shape index (κ3) is 2.67. The lowest BCUT2D eigenvalue weighted by atomic mass is 10.1. The second kappa shape index (κ2) is 5.14. The van der Waals surface area contributed by atoms with Crippen LogP contribution in [0.5, 0.6) is 0 Å². The minimum absolute atomic E-state index is 0.409. The molecule has 0 heterocycles. The average Bonchev–Trinajstić information content (AvgIpc) is 2.19. The predicted molar refractivity (Wildman–Crippen MR) is 60.4 cm³/mol. The zero-order valence-electron chi connectivity index (χ0n) is 7.44. The molecule has 72 valence electrons. The fraction of sp³-hybridized carbons (Fsp3) is 0. The van der Waals surface area contributed by atoms with Gasteiger partial charge >= 0.3 is 0 Å². The minimum atomic E-state index is -0.486. The molecular formula is C10H10N2OS. The number of benzene rings is 1. The molecular weight excluding hydrogens is 196 g/mol. The van der Waals surface area contributed by atoms with Gasteiger partial charge in [-0.3, -0.25) is 4.79 Å². The van der Waals surface area contributed by atoms with Crippen LogP contribution in [-0.4, -0.2) is 11.4 Å². The van der Waals surface area contributed by atoms with E-state index in [-0.39, 0.29) is 0 Å². The predicted octanol–water partition coefficient (Wildman–Crippen LogP) is 1.06. The molecule has 0 fully saturated rings. The lowest BCUT2D eigenvalue weighted by molar-refractivity contribution is -0.112. The minimum Gasteiger partial charge on any atom is -0.366 e. The topological polar surface area (TPSA) is 55.1 Å². The zero-order chi connectivity index (χ0) is 10.4. The van der Waals surface area contributed by atoms with E-state index >= 15 is 0 Å². The largest absolute Gasteiger partial charge is 0.366 e. The van der Waals surface area contributed by atoms with Crippen LogP contribution in [0.3, 0.4) is 0 Å². The first-order valence-corrected chi connectivity index (χ1v) is 4.48. The molecule has 0 unspecified atom stereocenters. The van der Waals surface area contributed by atoms with Crippen LogP contribution in [0.25, 0.3) is 5.57 Å². The highest BCUT2D eigenvalue weighted by Crippen LogP contribution is 2.11. The summed E-state index contributed by atoms with van der Waals surface area (Å²) in [5, 5.41) is 2.66. The summed E-state index contributed by atoms with van der Waals surface area (Å²) < 4.78 is 0. The Bertz CT molecular complexity index is 360. The maximum atomic E-state index is 11.1. The normalized spacial score (nSPS) is 10.7. The summed E-state index contributed by atoms with van der Waals surface area (Å²) in [6, 6.07) is 9.16. The molecule has 3 N–H and O–H groups in total. The van der Waals surface area contributed by atoms with E-state index in [1.807, 2.05) is 30.3 Å². The van der Waals surface area contributed by atoms with E-state index in [9.17, 15) is 4.79 Å². The van der Waals surface area contributed by atoms with E-state index in [2.05, 4.69) is 17.5 Å². The van der Waals surface area contributed by atoms with Gasteiger partial charge in [0.15, 0.2) is 0 Å². The maximum absolute atomic E-state index is 11.1. The second-order valence-corrected chi connectivity index (χ2v) is 2.81. The molecule has 1 aromatic rings. The fourth-order valence-corrected chi connectivity index (χ4v) is 1.10. The van der Waals surface area contributed by atoms with Gasteiger partial charge in [-0.1, -0.05) is 42.5 Å². The number of rotatable bonds is 4. The summed E-state index contributed by atoms with van der Waals surface area (Å²) in [7, 11) is 0. The average molecular weight is 206 g/mol. The summed E-state index contributed by atoms with van der Waals surface area (Å²) in [6.07, 6.45) is 1.49. The molecule has 0 saturated carbocycles. The van der Waals surface area contributed by atoms with E-state index in [4.69, 9.17) is 5.73 Å². The van der Waals surface area contributed by atoms with Gasteiger partial charge < -0.3 is 11.1 Å². The van der Waals surface area contributed by atoms with Gasteiger partial charge in [0.25, 0.3) is 5.91 Å². The molecule has 0 atom stereocenters. The van der Waals surface area contributed by atoms with E-state index in [1.165, 1.54) is 11.7 Å². The molecule has 0 aliphatic heterocycles. The second-order valence-electron chi connectivity index (χ2n) is 2.57. The number of thiocarbonyl (C=S) groups is 1. The molecule has 14 heavy (non-hydrogen) atoms. The first-order chi connectivity index (χ1) is 6.75. The Hall–Kier alpha value is -1.68. The van der Waals surface area contributed by atoms with Crippen LogP contribution in [0.2, 0.25) is 0 Å². The van der Waals surface area contributed by atoms with Gasteiger partial charge in [0.2, 0.25) is 0 Å². The van der Waals surface area contributed by atoms with Crippen molar-refractivity contribution < 1.29 is 4.79 Å². The third-order valence-corrected chi connectivity index (χ3v) is 1.78. The van der Waals surface area contributed by atoms with Crippen LogP contribution in [0.1, 0.15) is 5.56 Å². The number of carbonyl (C=O) groups is 1. The first kappa shape index (κ1) is 10.4. The number of hydrogen-bond acceptors (Lipinski definition) is 2. The van der Waals surface area contributed by atoms with Crippen molar-refractivity contribution in [3.05, 3.63) is 42.1 Å². The zero-order valence-corrected chi connectivity index (χ0v) is 8.25. The van der Waals surface area contributed by atoms with Crippen LogP contribution in [0, 0.1) is 0 Å². The Morgan fingerprint density at radius 1 is 1.36 bits per heavy atom. The molecule has 0 aliphatic rings. The van der Waals surface area contributed by atoms with E-state index < -0.39 is 5.91 Å². The highest BCUT2D eigenvalue weighted by atomic mass is 32.1. The molecule has 4 heteroatoms. The molecule has 0 bridgehead atoms. The molecule has 0 spiro atoms. The lowest BCUT2D eigenvalue weighted by Crippen LogP contribution is -2.15. The number of amides is 1. The Balaban J connectivity index is 3.01. The molecule has 3 nitrogen and oxygen atoms in total. The quantitative estimate of drug-likeness (QED) is 0.572. The van der Waals surface area contributed by atoms with E-state index in [0.717, 1.165) is 5.56 Å². The van der Waals surface area contributed by atoms with Crippen LogP contribution in [0.15, 0.2) is 36.5 Å². The number of carbonyl (C=O) groups excluding carboxylic acids is 1. The highest BCUT2D eigenvalue weighted by Gasteiger charge is 2.06. The standard InChI is InChI=1S/C10H10N2OS/c11-10(13)9(6-12-7-14)8-4-2-1-3-5-8/h1-7H,(H2,11,13)(H,12,14)/b9-6-. The Morgan fingerprint density at radius 3 is 2.50 bits per heavy atom. The van der Waals surface area contributed by atoms with Crippen molar-refractivity contribution in [2.24, 2.45) is 5.73 Å². The van der Waals surface area contributed by atoms with Crippen molar-refractivity contribution in [3.63, 3.8) is 0 Å². The van der Waals surface area contributed by atoms with E-state index in [1.54, 1.807) is 0 Å². The summed E-state index contributed by atoms with van der Waals surface area (Å²) in [4.78, 5) is 11.1. The van der Waals surface area contributed by atoms with Crippen LogP contribution in [-0.2, 0) is 4.79 Å². The maximum Gasteiger partial charge on any atom is 0.250 e. The molecule has 0 radical (unpaired) electrons. The van der Waals surface area contributed by atoms with Crippen LogP contribution >= 0.6 is 12.2 Å².